The molecule has 2 saturated carbocycles. The summed E-state index contributed by atoms with van der Waals surface area (Å²) < 4.78 is 38.4. The van der Waals surface area contributed by atoms with Gasteiger partial charge in [0.05, 0.1) is 5.92 Å². The van der Waals surface area contributed by atoms with Crippen molar-refractivity contribution < 1.29 is 13.2 Å². The van der Waals surface area contributed by atoms with Crippen LogP contribution in [0.3, 0.4) is 0 Å². The van der Waals surface area contributed by atoms with Crippen LogP contribution in [-0.2, 0) is 0 Å². The Bertz CT molecular complexity index is 271. The van der Waals surface area contributed by atoms with Gasteiger partial charge in [0.25, 0.3) is 0 Å². The minimum atomic E-state index is -4.02. The van der Waals surface area contributed by atoms with Crippen molar-refractivity contribution in [1.29, 1.82) is 0 Å². The van der Waals surface area contributed by atoms with E-state index in [-0.39, 0.29) is 18.4 Å². The summed E-state index contributed by atoms with van der Waals surface area (Å²) >= 11 is 0. The molecule has 2 N–H and O–H groups in total. The van der Waals surface area contributed by atoms with E-state index in [1.165, 1.54) is 32.1 Å². The molecule has 2 aliphatic carbocycles. The minimum Gasteiger partial charge on any atom is -0.327 e. The van der Waals surface area contributed by atoms with Crippen molar-refractivity contribution in [2.75, 3.05) is 0 Å². The molecule has 0 saturated heterocycles. The molecule has 0 radical (unpaired) electrons. The van der Waals surface area contributed by atoms with Gasteiger partial charge in [0.1, 0.15) is 0 Å². The van der Waals surface area contributed by atoms with Crippen LogP contribution in [0.5, 0.6) is 0 Å². The van der Waals surface area contributed by atoms with E-state index >= 15 is 0 Å². The molecular weight excluding hydrogens is 251 g/mol. The monoisotopic (exact) mass is 277 g/mol. The highest BCUT2D eigenvalue weighted by atomic mass is 19.4. The maximum absolute atomic E-state index is 12.8. The van der Waals surface area contributed by atoms with Gasteiger partial charge in [-0.1, -0.05) is 38.5 Å². The molecule has 4 heteroatoms. The van der Waals surface area contributed by atoms with Crippen LogP contribution in [-0.4, -0.2) is 12.2 Å². The maximum atomic E-state index is 12.8. The largest absolute Gasteiger partial charge is 0.391 e. The second-order valence-electron chi connectivity index (χ2n) is 6.57. The molecule has 0 aromatic rings. The third-order valence-electron chi connectivity index (χ3n) is 5.11. The van der Waals surface area contributed by atoms with Gasteiger partial charge in [-0.2, -0.15) is 13.2 Å². The van der Waals surface area contributed by atoms with Crippen LogP contribution in [0.2, 0.25) is 0 Å². The van der Waals surface area contributed by atoms with Crippen molar-refractivity contribution in [1.82, 2.24) is 0 Å². The van der Waals surface area contributed by atoms with Crippen LogP contribution in [0.4, 0.5) is 13.2 Å². The Morgan fingerprint density at radius 3 is 2.26 bits per heavy atom. The lowest BCUT2D eigenvalue weighted by atomic mass is 9.74. The number of rotatable bonds is 3. The zero-order chi connectivity index (χ0) is 13.9. The quantitative estimate of drug-likeness (QED) is 0.798. The van der Waals surface area contributed by atoms with Crippen LogP contribution in [0.1, 0.15) is 64.2 Å². The SMILES string of the molecule is NC(CC1CCCCC1)C1CCCC(C(F)(F)F)C1. The lowest BCUT2D eigenvalue weighted by Gasteiger charge is -2.35. The first kappa shape index (κ1) is 15.1. The molecule has 2 fully saturated rings. The number of halogens is 3. The van der Waals surface area contributed by atoms with E-state index in [2.05, 4.69) is 0 Å². The number of hydrogen-bond acceptors (Lipinski definition) is 1. The minimum absolute atomic E-state index is 0.0201. The van der Waals surface area contributed by atoms with E-state index in [0.29, 0.717) is 18.8 Å². The number of nitrogens with two attached hydrogens (primary N) is 1. The summed E-state index contributed by atoms with van der Waals surface area (Å²) in [6.45, 7) is 0. The summed E-state index contributed by atoms with van der Waals surface area (Å²) in [6, 6.07) is -0.0201. The first-order valence-corrected chi connectivity index (χ1v) is 7.79. The number of hydrogen-bond donors (Lipinski definition) is 1. The maximum Gasteiger partial charge on any atom is 0.391 e. The smallest absolute Gasteiger partial charge is 0.327 e. The first-order chi connectivity index (χ1) is 8.97. The Morgan fingerprint density at radius 2 is 1.63 bits per heavy atom. The summed E-state index contributed by atoms with van der Waals surface area (Å²) in [6.07, 6.45) is 5.36. The predicted octanol–water partition coefficient (Wildman–Crippen LogP) is 4.65. The van der Waals surface area contributed by atoms with Gasteiger partial charge in [-0.05, 0) is 37.5 Å². The van der Waals surface area contributed by atoms with Crippen molar-refractivity contribution in [3.8, 4) is 0 Å². The molecule has 2 aliphatic rings. The molecule has 0 aliphatic heterocycles. The molecule has 3 atom stereocenters. The van der Waals surface area contributed by atoms with E-state index in [1.807, 2.05) is 0 Å². The van der Waals surface area contributed by atoms with Crippen molar-refractivity contribution in [3.63, 3.8) is 0 Å². The molecule has 112 valence electrons. The van der Waals surface area contributed by atoms with Crippen LogP contribution in [0.25, 0.3) is 0 Å². The summed E-state index contributed by atoms with van der Waals surface area (Å²) in [5.74, 6) is -0.360. The van der Waals surface area contributed by atoms with E-state index < -0.39 is 12.1 Å². The zero-order valence-corrected chi connectivity index (χ0v) is 11.6. The average Bonchev–Trinajstić information content (AvgIpc) is 2.39. The molecule has 0 aromatic carbocycles. The predicted molar refractivity (Wildman–Crippen MR) is 70.7 cm³/mol. The normalized spacial score (nSPS) is 32.2. The van der Waals surface area contributed by atoms with Crippen LogP contribution in [0, 0.1) is 17.8 Å². The molecule has 0 bridgehead atoms. The van der Waals surface area contributed by atoms with Crippen molar-refractivity contribution >= 4 is 0 Å². The van der Waals surface area contributed by atoms with E-state index in [4.69, 9.17) is 5.73 Å². The molecule has 3 unspecified atom stereocenters. The topological polar surface area (TPSA) is 26.0 Å². The zero-order valence-electron chi connectivity index (χ0n) is 11.6. The molecular formula is C15H26F3N. The van der Waals surface area contributed by atoms with Gasteiger partial charge in [-0.3, -0.25) is 0 Å². The second-order valence-corrected chi connectivity index (χ2v) is 6.57. The highest BCUT2D eigenvalue weighted by molar-refractivity contribution is 4.85. The molecule has 0 heterocycles. The van der Waals surface area contributed by atoms with Gasteiger partial charge in [0, 0.05) is 6.04 Å². The molecule has 0 aromatic heterocycles. The Balaban J connectivity index is 1.82. The summed E-state index contributed by atoms with van der Waals surface area (Å²) in [5.41, 5.74) is 6.22. The van der Waals surface area contributed by atoms with Crippen molar-refractivity contribution in [2.24, 2.45) is 23.5 Å². The fraction of sp³-hybridized carbons (Fsp3) is 1.00. The van der Waals surface area contributed by atoms with Gasteiger partial charge in [-0.15, -0.1) is 0 Å². The second kappa shape index (κ2) is 6.47. The van der Waals surface area contributed by atoms with Crippen LogP contribution < -0.4 is 5.73 Å². The fourth-order valence-electron chi connectivity index (χ4n) is 3.91. The molecule has 1 nitrogen and oxygen atoms in total. The van der Waals surface area contributed by atoms with Crippen LogP contribution >= 0.6 is 0 Å². The first-order valence-electron chi connectivity index (χ1n) is 7.79. The third kappa shape index (κ3) is 4.37. The Morgan fingerprint density at radius 1 is 0.947 bits per heavy atom. The molecule has 19 heavy (non-hydrogen) atoms. The Labute approximate surface area is 114 Å². The summed E-state index contributed by atoms with van der Waals surface area (Å²) in [4.78, 5) is 0. The standard InChI is InChI=1S/C15H26F3N/c16-15(17,18)13-8-4-7-12(10-13)14(19)9-11-5-2-1-3-6-11/h11-14H,1-10,19H2. The molecule has 2 rings (SSSR count). The Hall–Kier alpha value is -0.250. The lowest BCUT2D eigenvalue weighted by molar-refractivity contribution is -0.186. The molecule has 0 spiro atoms. The van der Waals surface area contributed by atoms with E-state index in [0.717, 1.165) is 12.8 Å². The summed E-state index contributed by atoms with van der Waals surface area (Å²) in [7, 11) is 0. The van der Waals surface area contributed by atoms with Gasteiger partial charge in [0.15, 0.2) is 0 Å². The number of alkyl halides is 3. The average molecular weight is 277 g/mol. The van der Waals surface area contributed by atoms with Gasteiger partial charge >= 0.3 is 6.18 Å². The highest BCUT2D eigenvalue weighted by Gasteiger charge is 2.43. The fourth-order valence-corrected chi connectivity index (χ4v) is 3.91. The third-order valence-corrected chi connectivity index (χ3v) is 5.11. The van der Waals surface area contributed by atoms with Gasteiger partial charge in [0.2, 0.25) is 0 Å². The molecule has 0 amide bonds. The van der Waals surface area contributed by atoms with Crippen LogP contribution in [0.15, 0.2) is 0 Å². The highest BCUT2D eigenvalue weighted by Crippen LogP contribution is 2.41. The van der Waals surface area contributed by atoms with Gasteiger partial charge < -0.3 is 5.73 Å². The van der Waals surface area contributed by atoms with Gasteiger partial charge in [-0.25, -0.2) is 0 Å². The van der Waals surface area contributed by atoms with E-state index in [9.17, 15) is 13.2 Å². The Kier molecular flexibility index (Phi) is 5.15. The van der Waals surface area contributed by atoms with E-state index in [1.54, 1.807) is 0 Å². The van der Waals surface area contributed by atoms with Crippen molar-refractivity contribution in [2.45, 2.75) is 76.4 Å². The summed E-state index contributed by atoms with van der Waals surface area (Å²) in [5, 5.41) is 0. The lowest BCUT2D eigenvalue weighted by Crippen LogP contribution is -2.39. The van der Waals surface area contributed by atoms with Crippen molar-refractivity contribution in [3.05, 3.63) is 0 Å².